The van der Waals surface area contributed by atoms with Crippen LogP contribution in [0.3, 0.4) is 0 Å². The molecule has 1 heterocycles. The number of thioether (sulfide) groups is 1. The number of hydrogen-bond donors (Lipinski definition) is 1. The van der Waals surface area contributed by atoms with Crippen molar-refractivity contribution in [1.29, 1.82) is 0 Å². The van der Waals surface area contributed by atoms with E-state index < -0.39 is 5.60 Å². The van der Waals surface area contributed by atoms with Crippen LogP contribution in [0.4, 0.5) is 0 Å². The predicted octanol–water partition coefficient (Wildman–Crippen LogP) is 5.27. The Morgan fingerprint density at radius 3 is 2.35 bits per heavy atom. The molecular formula is C21H34OS. The smallest absolute Gasteiger partial charge is 0.0675 e. The molecule has 5 aliphatic rings. The molecule has 0 aromatic rings. The maximum atomic E-state index is 11.0. The fourth-order valence-electron chi connectivity index (χ4n) is 7.92. The summed E-state index contributed by atoms with van der Waals surface area (Å²) in [6.45, 7) is 7.23. The molecule has 1 spiro atoms. The van der Waals surface area contributed by atoms with E-state index in [0.29, 0.717) is 5.41 Å². The highest BCUT2D eigenvalue weighted by Gasteiger charge is 2.64. The molecule has 0 aromatic heterocycles. The average molecular weight is 335 g/mol. The Kier molecular flexibility index (Phi) is 3.06. The number of hydrogen-bond acceptors (Lipinski definition) is 2. The van der Waals surface area contributed by atoms with Gasteiger partial charge in [-0.2, -0.15) is 11.8 Å². The van der Waals surface area contributed by atoms with Crippen molar-refractivity contribution < 1.29 is 5.11 Å². The fourth-order valence-corrected chi connectivity index (χ4v) is 8.95. The van der Waals surface area contributed by atoms with Crippen LogP contribution in [0.15, 0.2) is 0 Å². The minimum atomic E-state index is -0.415. The van der Waals surface area contributed by atoms with Crippen molar-refractivity contribution in [3.05, 3.63) is 0 Å². The van der Waals surface area contributed by atoms with Crippen LogP contribution in [0.2, 0.25) is 0 Å². The van der Waals surface area contributed by atoms with Crippen LogP contribution >= 0.6 is 11.8 Å². The Balaban J connectivity index is 1.45. The second-order valence-corrected chi connectivity index (χ2v) is 12.0. The van der Waals surface area contributed by atoms with Gasteiger partial charge in [0.05, 0.1) is 5.60 Å². The summed E-state index contributed by atoms with van der Waals surface area (Å²) in [7, 11) is 0. The largest absolute Gasteiger partial charge is 0.390 e. The van der Waals surface area contributed by atoms with Crippen LogP contribution in [0.5, 0.6) is 0 Å². The van der Waals surface area contributed by atoms with E-state index in [9.17, 15) is 5.11 Å². The quantitative estimate of drug-likeness (QED) is 0.609. The highest BCUT2D eigenvalue weighted by atomic mass is 32.2. The van der Waals surface area contributed by atoms with E-state index in [4.69, 9.17) is 0 Å². The summed E-state index contributed by atoms with van der Waals surface area (Å²) >= 11 is 2.26. The van der Waals surface area contributed by atoms with Gasteiger partial charge in [-0.1, -0.05) is 13.8 Å². The summed E-state index contributed by atoms with van der Waals surface area (Å²) in [5.41, 5.74) is 0.397. The van der Waals surface area contributed by atoms with Gasteiger partial charge in [-0.3, -0.25) is 0 Å². The summed E-state index contributed by atoms with van der Waals surface area (Å²) in [5.74, 6) is 5.11. The van der Waals surface area contributed by atoms with Crippen molar-refractivity contribution >= 4 is 11.8 Å². The van der Waals surface area contributed by atoms with Gasteiger partial charge in [-0.15, -0.1) is 0 Å². The van der Waals surface area contributed by atoms with Gasteiger partial charge >= 0.3 is 0 Å². The van der Waals surface area contributed by atoms with Crippen molar-refractivity contribution in [1.82, 2.24) is 0 Å². The Morgan fingerprint density at radius 1 is 0.870 bits per heavy atom. The zero-order valence-electron chi connectivity index (χ0n) is 15.2. The third kappa shape index (κ3) is 1.92. The topological polar surface area (TPSA) is 20.2 Å². The monoisotopic (exact) mass is 334 g/mol. The zero-order valence-corrected chi connectivity index (χ0v) is 16.1. The first-order chi connectivity index (χ1) is 10.8. The minimum Gasteiger partial charge on any atom is -0.390 e. The highest BCUT2D eigenvalue weighted by molar-refractivity contribution is 8.07. The van der Waals surface area contributed by atoms with Gasteiger partial charge in [0.15, 0.2) is 0 Å². The maximum absolute atomic E-state index is 11.0. The number of aliphatic hydroxyl groups is 1. The molecule has 0 unspecified atom stereocenters. The third-order valence-electron chi connectivity index (χ3n) is 9.92. The molecule has 0 radical (unpaired) electrons. The van der Waals surface area contributed by atoms with Crippen molar-refractivity contribution in [2.24, 2.45) is 34.5 Å². The van der Waals surface area contributed by atoms with Crippen LogP contribution in [-0.2, 0) is 0 Å². The molecule has 0 bridgehead atoms. The van der Waals surface area contributed by atoms with E-state index in [0.717, 1.165) is 34.8 Å². The molecule has 1 aliphatic heterocycles. The van der Waals surface area contributed by atoms with E-state index >= 15 is 0 Å². The lowest BCUT2D eigenvalue weighted by molar-refractivity contribution is -0.146. The molecule has 1 saturated heterocycles. The Morgan fingerprint density at radius 2 is 1.61 bits per heavy atom. The van der Waals surface area contributed by atoms with Gasteiger partial charge < -0.3 is 5.11 Å². The summed E-state index contributed by atoms with van der Waals surface area (Å²) < 4.78 is 0.733. The Bertz CT molecular complexity index is 524. The Hall–Kier alpha value is 0.310. The van der Waals surface area contributed by atoms with Gasteiger partial charge in [-0.25, -0.2) is 0 Å². The summed E-state index contributed by atoms with van der Waals surface area (Å²) in [4.78, 5) is 0. The third-order valence-corrected chi connectivity index (χ3v) is 11.4. The van der Waals surface area contributed by atoms with Crippen LogP contribution in [-0.4, -0.2) is 21.2 Å². The van der Waals surface area contributed by atoms with Crippen molar-refractivity contribution in [2.75, 3.05) is 5.75 Å². The standard InChI is InChI=1S/C21H34OS/c1-18-10-11-21(13-23-21)12-14(18)4-5-15-16(18)6-8-19(2)17(15)7-9-20(19,3)22/h14-17,22H,4-13H2,1-3H3/t14-,15-,16-,17+,18+,19+,20+,21-/m1/s1. The minimum absolute atomic E-state index is 0.194. The molecule has 4 saturated carbocycles. The summed E-state index contributed by atoms with van der Waals surface area (Å²) in [5, 5.41) is 11.0. The zero-order chi connectivity index (χ0) is 16.1. The first-order valence-corrected chi connectivity index (χ1v) is 11.1. The van der Waals surface area contributed by atoms with Crippen molar-refractivity contribution in [3.8, 4) is 0 Å². The molecule has 5 rings (SSSR count). The predicted molar refractivity (Wildman–Crippen MR) is 97.5 cm³/mol. The van der Waals surface area contributed by atoms with Crippen LogP contribution in [0.25, 0.3) is 0 Å². The fraction of sp³-hybridized carbons (Fsp3) is 1.00. The molecule has 4 aliphatic carbocycles. The molecule has 0 aromatic carbocycles. The Labute approximate surface area is 146 Å². The van der Waals surface area contributed by atoms with E-state index in [1.165, 1.54) is 57.1 Å². The van der Waals surface area contributed by atoms with Gasteiger partial charge in [0.1, 0.15) is 0 Å². The first kappa shape index (κ1) is 15.6. The number of fused-ring (bicyclic) bond motifs is 5. The van der Waals surface area contributed by atoms with Gasteiger partial charge in [0.2, 0.25) is 0 Å². The molecule has 1 nitrogen and oxygen atoms in total. The second kappa shape index (κ2) is 4.53. The molecule has 5 fully saturated rings. The van der Waals surface area contributed by atoms with Crippen LogP contribution in [0.1, 0.15) is 78.6 Å². The average Bonchev–Trinajstić information content (AvgIpc) is 3.21. The van der Waals surface area contributed by atoms with Crippen molar-refractivity contribution in [2.45, 2.75) is 88.9 Å². The summed E-state index contributed by atoms with van der Waals surface area (Å²) in [6.07, 6.45) is 12.4. The van der Waals surface area contributed by atoms with E-state index in [2.05, 4.69) is 32.5 Å². The van der Waals surface area contributed by atoms with Gasteiger partial charge in [0, 0.05) is 10.5 Å². The van der Waals surface area contributed by atoms with Crippen LogP contribution in [0, 0.1) is 34.5 Å². The van der Waals surface area contributed by atoms with Crippen molar-refractivity contribution in [3.63, 3.8) is 0 Å². The lowest BCUT2D eigenvalue weighted by Crippen LogP contribution is -2.56. The van der Waals surface area contributed by atoms with E-state index in [1.54, 1.807) is 0 Å². The normalized spacial score (nSPS) is 64.2. The van der Waals surface area contributed by atoms with E-state index in [1.807, 2.05) is 0 Å². The molecular weight excluding hydrogens is 300 g/mol. The molecule has 8 atom stereocenters. The maximum Gasteiger partial charge on any atom is 0.0675 e. The molecule has 1 N–H and O–H groups in total. The first-order valence-electron chi connectivity index (χ1n) is 10.2. The number of rotatable bonds is 0. The van der Waals surface area contributed by atoms with Gasteiger partial charge in [0.25, 0.3) is 0 Å². The molecule has 23 heavy (non-hydrogen) atoms. The van der Waals surface area contributed by atoms with E-state index in [-0.39, 0.29) is 5.41 Å². The molecule has 130 valence electrons. The molecule has 0 amide bonds. The lowest BCUT2D eigenvalue weighted by atomic mass is 9.44. The second-order valence-electron chi connectivity index (χ2n) is 10.6. The lowest BCUT2D eigenvalue weighted by Gasteiger charge is -2.61. The van der Waals surface area contributed by atoms with Gasteiger partial charge in [-0.05, 0) is 99.2 Å². The SMILES string of the molecule is C[C@]12CC[C@]3(CS3)C[C@H]1CC[C@@H]1[C@H]2CC[C@@]2(C)[C@H]1CC[C@]2(C)O. The van der Waals surface area contributed by atoms with Crippen LogP contribution < -0.4 is 0 Å². The summed E-state index contributed by atoms with van der Waals surface area (Å²) in [6, 6.07) is 0. The molecule has 2 heteroatoms. The highest BCUT2D eigenvalue weighted by Crippen LogP contribution is 2.71.